The number of rotatable bonds is 4. The van der Waals surface area contributed by atoms with E-state index in [1.165, 1.54) is 49.6 Å². The number of carbonyl (C=O) groups excluding carboxylic acids is 1. The molecule has 0 N–H and O–H groups in total. The predicted molar refractivity (Wildman–Crippen MR) is 75.8 cm³/mol. The van der Waals surface area contributed by atoms with Crippen LogP contribution in [0.5, 0.6) is 11.5 Å². The van der Waals surface area contributed by atoms with Crippen LogP contribution in [0.1, 0.15) is 15.9 Å². The molecule has 7 heteroatoms. The molecule has 2 rings (SSSR count). The molecule has 0 heterocycles. The first-order chi connectivity index (χ1) is 10.5. The van der Waals surface area contributed by atoms with Gasteiger partial charge in [-0.2, -0.15) is 5.26 Å². The van der Waals surface area contributed by atoms with Crippen molar-refractivity contribution in [2.45, 2.75) is 0 Å². The zero-order valence-corrected chi connectivity index (χ0v) is 11.5. The summed E-state index contributed by atoms with van der Waals surface area (Å²) in [4.78, 5) is 22.3. The average molecular weight is 298 g/mol. The van der Waals surface area contributed by atoms with Crippen LogP contribution < -0.4 is 9.47 Å². The molecule has 0 atom stereocenters. The molecule has 0 saturated carbocycles. The minimum Gasteiger partial charge on any atom is -0.496 e. The van der Waals surface area contributed by atoms with E-state index in [0.717, 1.165) is 0 Å². The zero-order chi connectivity index (χ0) is 16.1. The van der Waals surface area contributed by atoms with Crippen molar-refractivity contribution in [3.05, 3.63) is 63.7 Å². The summed E-state index contributed by atoms with van der Waals surface area (Å²) in [5.74, 6) is -0.650. The van der Waals surface area contributed by atoms with Crippen LogP contribution >= 0.6 is 0 Å². The predicted octanol–water partition coefficient (Wildman–Crippen LogP) is 2.69. The molecule has 22 heavy (non-hydrogen) atoms. The van der Waals surface area contributed by atoms with Crippen molar-refractivity contribution in [2.24, 2.45) is 0 Å². The summed E-state index contributed by atoms with van der Waals surface area (Å²) < 4.78 is 9.95. The minimum atomic E-state index is -0.752. The van der Waals surface area contributed by atoms with Gasteiger partial charge in [0.05, 0.1) is 35.3 Å². The maximum atomic E-state index is 12.0. The van der Waals surface area contributed by atoms with E-state index in [4.69, 9.17) is 14.7 Å². The van der Waals surface area contributed by atoms with Crippen LogP contribution in [-0.4, -0.2) is 18.0 Å². The van der Waals surface area contributed by atoms with Crippen molar-refractivity contribution in [3.63, 3.8) is 0 Å². The Hall–Kier alpha value is -3.40. The second kappa shape index (κ2) is 6.37. The maximum absolute atomic E-state index is 12.0. The lowest BCUT2D eigenvalue weighted by Crippen LogP contribution is -2.09. The molecule has 0 aliphatic rings. The topological polar surface area (TPSA) is 102 Å². The fraction of sp³-hybridized carbons (Fsp3) is 0.0667. The number of nitro groups is 1. The number of nitriles is 1. The van der Waals surface area contributed by atoms with Gasteiger partial charge in [0.25, 0.3) is 0 Å². The Morgan fingerprint density at radius 3 is 2.45 bits per heavy atom. The van der Waals surface area contributed by atoms with Crippen LogP contribution in [0.25, 0.3) is 0 Å². The van der Waals surface area contributed by atoms with Crippen LogP contribution in [0.15, 0.2) is 42.5 Å². The normalized spacial score (nSPS) is 9.64. The Bertz CT molecular complexity index is 762. The summed E-state index contributed by atoms with van der Waals surface area (Å²) >= 11 is 0. The third-order valence-electron chi connectivity index (χ3n) is 2.82. The number of ether oxygens (including phenoxy) is 2. The smallest absolute Gasteiger partial charge is 0.343 e. The fourth-order valence-electron chi connectivity index (χ4n) is 1.69. The molecule has 0 fully saturated rings. The summed E-state index contributed by atoms with van der Waals surface area (Å²) in [6, 6.07) is 11.6. The van der Waals surface area contributed by atoms with E-state index in [0.29, 0.717) is 5.56 Å². The van der Waals surface area contributed by atoms with Crippen LogP contribution in [0.3, 0.4) is 0 Å². The lowest BCUT2D eigenvalue weighted by molar-refractivity contribution is -0.385. The summed E-state index contributed by atoms with van der Waals surface area (Å²) in [5.41, 5.74) is 0.206. The molecule has 2 aromatic rings. The van der Waals surface area contributed by atoms with Crippen molar-refractivity contribution >= 4 is 11.7 Å². The Morgan fingerprint density at radius 1 is 1.23 bits per heavy atom. The number of hydrogen-bond acceptors (Lipinski definition) is 6. The van der Waals surface area contributed by atoms with Gasteiger partial charge >= 0.3 is 11.7 Å². The van der Waals surface area contributed by atoms with E-state index >= 15 is 0 Å². The summed E-state index contributed by atoms with van der Waals surface area (Å²) in [5, 5.41) is 19.7. The first kappa shape index (κ1) is 15.0. The zero-order valence-electron chi connectivity index (χ0n) is 11.5. The molecule has 110 valence electrons. The molecule has 0 saturated heterocycles. The van der Waals surface area contributed by atoms with Gasteiger partial charge in [-0.05, 0) is 36.4 Å². The molecule has 0 amide bonds. The highest BCUT2D eigenvalue weighted by Gasteiger charge is 2.20. The van der Waals surface area contributed by atoms with E-state index in [9.17, 15) is 14.9 Å². The molecule has 0 spiro atoms. The quantitative estimate of drug-likeness (QED) is 0.372. The van der Waals surface area contributed by atoms with Crippen molar-refractivity contribution in [2.75, 3.05) is 7.11 Å². The Morgan fingerprint density at radius 2 is 1.91 bits per heavy atom. The van der Waals surface area contributed by atoms with Crippen molar-refractivity contribution < 1.29 is 19.2 Å². The maximum Gasteiger partial charge on any atom is 0.343 e. The molecule has 0 aromatic heterocycles. The first-order valence-corrected chi connectivity index (χ1v) is 6.10. The standard InChI is InChI=1S/C15H10N2O5/c1-21-12-6-7-14(13(8-12)17(19)20)22-15(18)11-4-2-10(9-16)3-5-11/h2-8H,1H3. The number of nitro benzene ring substituents is 1. The van der Waals surface area contributed by atoms with Gasteiger partial charge < -0.3 is 9.47 Å². The molecule has 0 unspecified atom stereocenters. The SMILES string of the molecule is COc1ccc(OC(=O)c2ccc(C#N)cc2)c([N+](=O)[O-])c1. The second-order valence-electron chi connectivity index (χ2n) is 4.17. The Balaban J connectivity index is 2.27. The van der Waals surface area contributed by atoms with E-state index in [-0.39, 0.29) is 22.7 Å². The van der Waals surface area contributed by atoms with Gasteiger partial charge in [0, 0.05) is 0 Å². The van der Waals surface area contributed by atoms with Gasteiger partial charge in [-0.1, -0.05) is 0 Å². The lowest BCUT2D eigenvalue weighted by atomic mass is 10.1. The van der Waals surface area contributed by atoms with Gasteiger partial charge in [0.1, 0.15) is 5.75 Å². The van der Waals surface area contributed by atoms with Crippen LogP contribution in [0.4, 0.5) is 5.69 Å². The molecular weight excluding hydrogens is 288 g/mol. The summed E-state index contributed by atoms with van der Waals surface area (Å²) in [7, 11) is 1.38. The number of carbonyl (C=O) groups is 1. The number of nitrogens with zero attached hydrogens (tertiary/aromatic N) is 2. The lowest BCUT2D eigenvalue weighted by Gasteiger charge is -2.06. The van der Waals surface area contributed by atoms with Crippen LogP contribution in [0, 0.1) is 21.4 Å². The van der Waals surface area contributed by atoms with Gasteiger partial charge in [-0.3, -0.25) is 10.1 Å². The molecule has 7 nitrogen and oxygen atoms in total. The molecular formula is C15H10N2O5. The van der Waals surface area contributed by atoms with Crippen molar-refractivity contribution in [1.82, 2.24) is 0 Å². The second-order valence-corrected chi connectivity index (χ2v) is 4.17. The average Bonchev–Trinajstić information content (AvgIpc) is 2.55. The van der Waals surface area contributed by atoms with Crippen molar-refractivity contribution in [1.29, 1.82) is 5.26 Å². The van der Waals surface area contributed by atoms with E-state index < -0.39 is 10.9 Å². The van der Waals surface area contributed by atoms with E-state index in [1.807, 2.05) is 6.07 Å². The van der Waals surface area contributed by atoms with Gasteiger partial charge in [-0.25, -0.2) is 4.79 Å². The third kappa shape index (κ3) is 3.19. The highest BCUT2D eigenvalue weighted by atomic mass is 16.6. The molecule has 0 aliphatic heterocycles. The summed E-state index contributed by atoms with van der Waals surface area (Å²) in [6.07, 6.45) is 0. The number of hydrogen-bond donors (Lipinski definition) is 0. The van der Waals surface area contributed by atoms with Gasteiger partial charge in [-0.15, -0.1) is 0 Å². The monoisotopic (exact) mass is 298 g/mol. The molecule has 2 aromatic carbocycles. The van der Waals surface area contributed by atoms with Gasteiger partial charge in [0.15, 0.2) is 0 Å². The fourth-order valence-corrected chi connectivity index (χ4v) is 1.69. The molecule has 0 bridgehead atoms. The van der Waals surface area contributed by atoms with E-state index in [2.05, 4.69) is 0 Å². The number of benzene rings is 2. The summed E-state index contributed by atoms with van der Waals surface area (Å²) in [6.45, 7) is 0. The highest BCUT2D eigenvalue weighted by molar-refractivity contribution is 5.91. The largest absolute Gasteiger partial charge is 0.496 e. The van der Waals surface area contributed by atoms with Crippen LogP contribution in [-0.2, 0) is 0 Å². The van der Waals surface area contributed by atoms with Gasteiger partial charge in [0.2, 0.25) is 5.75 Å². The minimum absolute atomic E-state index is 0.180. The molecule has 0 aliphatic carbocycles. The number of esters is 1. The Labute approximate surface area is 125 Å². The van der Waals surface area contributed by atoms with Crippen LogP contribution in [0.2, 0.25) is 0 Å². The van der Waals surface area contributed by atoms with Crippen molar-refractivity contribution in [3.8, 4) is 17.6 Å². The first-order valence-electron chi connectivity index (χ1n) is 6.10. The Kier molecular flexibility index (Phi) is 4.34. The number of methoxy groups -OCH3 is 1. The third-order valence-corrected chi connectivity index (χ3v) is 2.82. The molecule has 0 radical (unpaired) electrons. The van der Waals surface area contributed by atoms with E-state index in [1.54, 1.807) is 0 Å². The highest BCUT2D eigenvalue weighted by Crippen LogP contribution is 2.31.